The topological polar surface area (TPSA) is 26.3 Å². The number of benzene rings is 2. The van der Waals surface area contributed by atoms with E-state index >= 15 is 0 Å². The predicted molar refractivity (Wildman–Crippen MR) is 99.2 cm³/mol. The molecule has 2 aromatic carbocycles. The minimum Gasteiger partial charge on any atom is -0.362 e. The average molecular weight is 324 g/mol. The Kier molecular flexibility index (Phi) is 6.74. The summed E-state index contributed by atoms with van der Waals surface area (Å²) in [7, 11) is 0. The van der Waals surface area contributed by atoms with E-state index in [4.69, 9.17) is 4.74 Å². The maximum Gasteiger partial charge on any atom is 0.199 e. The zero-order valence-corrected chi connectivity index (χ0v) is 15.0. The number of unbranched alkanes of at least 4 members (excludes halogenated alkanes) is 1. The normalized spacial score (nSPS) is 13.7. The Hall–Kier alpha value is -1.93. The van der Waals surface area contributed by atoms with E-state index in [0.717, 1.165) is 18.4 Å². The van der Waals surface area contributed by atoms with Gasteiger partial charge in [0.2, 0.25) is 0 Å². The molecule has 24 heavy (non-hydrogen) atoms. The number of hydrogen-bond acceptors (Lipinski definition) is 2. The van der Waals surface area contributed by atoms with Gasteiger partial charge < -0.3 is 4.74 Å². The SMILES string of the molecule is CCCCC(OCC(C)C)(C(=O)c1ccccc1)c1ccccc1. The maximum absolute atomic E-state index is 13.5. The first-order valence-corrected chi connectivity index (χ1v) is 8.89. The summed E-state index contributed by atoms with van der Waals surface area (Å²) >= 11 is 0. The molecule has 0 saturated heterocycles. The van der Waals surface area contributed by atoms with E-state index in [9.17, 15) is 4.79 Å². The molecule has 0 saturated carbocycles. The molecular formula is C22H28O2. The molecule has 2 aromatic rings. The van der Waals surface area contributed by atoms with Crippen LogP contribution in [0.3, 0.4) is 0 Å². The van der Waals surface area contributed by atoms with Crippen molar-refractivity contribution >= 4 is 5.78 Å². The molecule has 0 fully saturated rings. The number of ketones is 1. The van der Waals surface area contributed by atoms with Crippen LogP contribution in [0.2, 0.25) is 0 Å². The highest BCUT2D eigenvalue weighted by Gasteiger charge is 2.41. The Morgan fingerprint density at radius 1 is 1.00 bits per heavy atom. The lowest BCUT2D eigenvalue weighted by Crippen LogP contribution is -2.40. The van der Waals surface area contributed by atoms with Gasteiger partial charge in [0.15, 0.2) is 11.4 Å². The minimum atomic E-state index is -0.900. The van der Waals surface area contributed by atoms with E-state index in [1.54, 1.807) is 0 Å². The van der Waals surface area contributed by atoms with Gasteiger partial charge in [-0.2, -0.15) is 0 Å². The van der Waals surface area contributed by atoms with Gasteiger partial charge in [-0.25, -0.2) is 0 Å². The summed E-state index contributed by atoms with van der Waals surface area (Å²) in [4.78, 5) is 13.5. The van der Waals surface area contributed by atoms with Crippen molar-refractivity contribution in [2.75, 3.05) is 6.61 Å². The van der Waals surface area contributed by atoms with Crippen LogP contribution >= 0.6 is 0 Å². The molecule has 0 aliphatic rings. The first kappa shape index (κ1) is 18.4. The Morgan fingerprint density at radius 2 is 1.58 bits per heavy atom. The molecule has 128 valence electrons. The van der Waals surface area contributed by atoms with E-state index < -0.39 is 5.60 Å². The fourth-order valence-corrected chi connectivity index (χ4v) is 2.87. The van der Waals surface area contributed by atoms with E-state index in [1.165, 1.54) is 0 Å². The summed E-state index contributed by atoms with van der Waals surface area (Å²) < 4.78 is 6.35. The quantitative estimate of drug-likeness (QED) is 0.559. The monoisotopic (exact) mass is 324 g/mol. The van der Waals surface area contributed by atoms with E-state index in [1.807, 2.05) is 60.7 Å². The Morgan fingerprint density at radius 3 is 2.12 bits per heavy atom. The number of ether oxygens (including phenoxy) is 1. The molecule has 0 heterocycles. The third-order valence-corrected chi connectivity index (χ3v) is 4.19. The van der Waals surface area contributed by atoms with Crippen LogP contribution in [0.1, 0.15) is 56.0 Å². The molecule has 1 unspecified atom stereocenters. The highest BCUT2D eigenvalue weighted by Crippen LogP contribution is 2.36. The Bertz CT molecular complexity index is 619. The van der Waals surface area contributed by atoms with Gasteiger partial charge in [-0.15, -0.1) is 0 Å². The van der Waals surface area contributed by atoms with Gasteiger partial charge >= 0.3 is 0 Å². The number of carbonyl (C=O) groups excluding carboxylic acids is 1. The van der Waals surface area contributed by atoms with Crippen LogP contribution < -0.4 is 0 Å². The molecule has 0 bridgehead atoms. The second-order valence-corrected chi connectivity index (χ2v) is 6.70. The fraction of sp³-hybridized carbons (Fsp3) is 0.409. The van der Waals surface area contributed by atoms with E-state index in [0.29, 0.717) is 24.5 Å². The van der Waals surface area contributed by atoms with Gasteiger partial charge in [0, 0.05) is 5.56 Å². The summed E-state index contributed by atoms with van der Waals surface area (Å²) in [5.74, 6) is 0.432. The molecule has 0 N–H and O–H groups in total. The third kappa shape index (κ3) is 4.33. The van der Waals surface area contributed by atoms with Gasteiger partial charge in [0.05, 0.1) is 6.61 Å². The fourth-order valence-electron chi connectivity index (χ4n) is 2.87. The summed E-state index contributed by atoms with van der Waals surface area (Å²) in [6.07, 6.45) is 2.68. The summed E-state index contributed by atoms with van der Waals surface area (Å²) in [5, 5.41) is 0. The van der Waals surface area contributed by atoms with Crippen molar-refractivity contribution < 1.29 is 9.53 Å². The molecule has 2 heteroatoms. The average Bonchev–Trinajstić information content (AvgIpc) is 2.63. The van der Waals surface area contributed by atoms with Gasteiger partial charge in [-0.05, 0) is 17.9 Å². The van der Waals surface area contributed by atoms with Crippen LogP contribution in [0, 0.1) is 5.92 Å². The molecule has 0 aliphatic carbocycles. The van der Waals surface area contributed by atoms with Gasteiger partial charge in [-0.1, -0.05) is 94.3 Å². The minimum absolute atomic E-state index is 0.0587. The van der Waals surface area contributed by atoms with Crippen LogP contribution in [0.5, 0.6) is 0 Å². The highest BCUT2D eigenvalue weighted by molar-refractivity contribution is 6.03. The molecule has 2 nitrogen and oxygen atoms in total. The van der Waals surface area contributed by atoms with Crippen LogP contribution in [-0.2, 0) is 10.3 Å². The predicted octanol–water partition coefficient (Wildman–Crippen LogP) is 5.63. The van der Waals surface area contributed by atoms with E-state index in [-0.39, 0.29) is 5.78 Å². The second-order valence-electron chi connectivity index (χ2n) is 6.70. The lowest BCUT2D eigenvalue weighted by atomic mass is 9.81. The lowest BCUT2D eigenvalue weighted by molar-refractivity contribution is -0.0459. The molecule has 0 spiro atoms. The van der Waals surface area contributed by atoms with Crippen molar-refractivity contribution in [2.45, 2.75) is 45.6 Å². The molecule has 0 radical (unpaired) electrons. The van der Waals surface area contributed by atoms with Crippen LogP contribution in [0.15, 0.2) is 60.7 Å². The zero-order chi connectivity index (χ0) is 17.4. The van der Waals surface area contributed by atoms with Crippen molar-refractivity contribution in [2.24, 2.45) is 5.92 Å². The van der Waals surface area contributed by atoms with Gasteiger partial charge in [0.1, 0.15) is 0 Å². The van der Waals surface area contributed by atoms with Crippen molar-refractivity contribution in [1.29, 1.82) is 0 Å². The summed E-state index contributed by atoms with van der Waals surface area (Å²) in [6.45, 7) is 6.94. The van der Waals surface area contributed by atoms with Crippen LogP contribution in [-0.4, -0.2) is 12.4 Å². The van der Waals surface area contributed by atoms with E-state index in [2.05, 4.69) is 20.8 Å². The smallest absolute Gasteiger partial charge is 0.199 e. The first-order chi connectivity index (χ1) is 11.6. The molecule has 0 aliphatic heterocycles. The maximum atomic E-state index is 13.5. The third-order valence-electron chi connectivity index (χ3n) is 4.19. The van der Waals surface area contributed by atoms with Gasteiger partial charge in [0.25, 0.3) is 0 Å². The van der Waals surface area contributed by atoms with Crippen LogP contribution in [0.4, 0.5) is 0 Å². The largest absolute Gasteiger partial charge is 0.362 e. The molecule has 0 amide bonds. The zero-order valence-electron chi connectivity index (χ0n) is 15.0. The Balaban J connectivity index is 2.49. The van der Waals surface area contributed by atoms with Crippen LogP contribution in [0.25, 0.3) is 0 Å². The van der Waals surface area contributed by atoms with Crippen molar-refractivity contribution in [1.82, 2.24) is 0 Å². The number of hydrogen-bond donors (Lipinski definition) is 0. The summed E-state index contributed by atoms with van der Waals surface area (Å²) in [5.41, 5.74) is 0.761. The molecule has 2 rings (SSSR count). The standard InChI is InChI=1S/C22H28O2/c1-4-5-16-22(24-17-18(2)3,20-14-10-7-11-15-20)21(23)19-12-8-6-9-13-19/h6-15,18H,4-5,16-17H2,1-3H3. The van der Waals surface area contributed by atoms with Crippen molar-refractivity contribution in [3.8, 4) is 0 Å². The molecule has 0 aromatic heterocycles. The van der Waals surface area contributed by atoms with Crippen molar-refractivity contribution in [3.05, 3.63) is 71.8 Å². The highest BCUT2D eigenvalue weighted by atomic mass is 16.5. The number of Topliss-reactive ketones (excluding diaryl/α,β-unsaturated/α-hetero) is 1. The second kappa shape index (κ2) is 8.79. The number of carbonyl (C=O) groups is 1. The summed E-state index contributed by atoms with van der Waals surface area (Å²) in [6, 6.07) is 19.5. The van der Waals surface area contributed by atoms with Crippen molar-refractivity contribution in [3.63, 3.8) is 0 Å². The molecular weight excluding hydrogens is 296 g/mol. The Labute approximate surface area is 145 Å². The van der Waals surface area contributed by atoms with Gasteiger partial charge in [-0.3, -0.25) is 4.79 Å². The molecule has 1 atom stereocenters. The number of rotatable bonds is 9. The lowest BCUT2D eigenvalue weighted by Gasteiger charge is -2.34. The first-order valence-electron chi connectivity index (χ1n) is 8.89.